The third-order valence-electron chi connectivity index (χ3n) is 3.35. The monoisotopic (exact) mass is 343 g/mol. The molecule has 1 unspecified atom stereocenters. The van der Waals surface area contributed by atoms with Crippen LogP contribution in [-0.2, 0) is 0 Å². The minimum absolute atomic E-state index is 0.0707. The molecule has 0 radical (unpaired) electrons. The van der Waals surface area contributed by atoms with Gasteiger partial charge in [0.1, 0.15) is 5.58 Å². The van der Waals surface area contributed by atoms with Crippen LogP contribution in [0.2, 0.25) is 0 Å². The Kier molecular flexibility index (Phi) is 3.80. The van der Waals surface area contributed by atoms with Crippen molar-refractivity contribution < 1.29 is 9.21 Å². The zero-order valence-corrected chi connectivity index (χ0v) is 13.1. The summed E-state index contributed by atoms with van der Waals surface area (Å²) in [5.74, 6) is 0.115. The number of rotatable bonds is 3. The predicted octanol–water partition coefficient (Wildman–Crippen LogP) is 4.69. The lowest BCUT2D eigenvalue weighted by atomic mass is 10.1. The van der Waals surface area contributed by atoms with Crippen LogP contribution in [0.5, 0.6) is 0 Å². The van der Waals surface area contributed by atoms with Crippen LogP contribution < -0.4 is 5.32 Å². The van der Waals surface area contributed by atoms with Gasteiger partial charge in [-0.1, -0.05) is 46.3 Å². The van der Waals surface area contributed by atoms with Gasteiger partial charge in [0.25, 0.3) is 5.91 Å². The Balaban J connectivity index is 1.80. The lowest BCUT2D eigenvalue weighted by molar-refractivity contribution is 0.0914. The molecule has 3 aromatic rings. The highest BCUT2D eigenvalue weighted by molar-refractivity contribution is 9.10. The number of halogens is 1. The highest BCUT2D eigenvalue weighted by Gasteiger charge is 2.15. The summed E-state index contributed by atoms with van der Waals surface area (Å²) in [6.45, 7) is 1.95. The molecule has 1 N–H and O–H groups in total. The molecule has 0 aliphatic rings. The smallest absolute Gasteiger partial charge is 0.287 e. The number of fused-ring (bicyclic) bond motifs is 1. The average Bonchev–Trinajstić information content (AvgIpc) is 2.91. The largest absolute Gasteiger partial charge is 0.451 e. The summed E-state index contributed by atoms with van der Waals surface area (Å²) >= 11 is 3.41. The molecule has 3 rings (SSSR count). The van der Waals surface area contributed by atoms with Crippen LogP contribution in [0.3, 0.4) is 0 Å². The molecule has 21 heavy (non-hydrogen) atoms. The van der Waals surface area contributed by atoms with E-state index in [2.05, 4.69) is 21.2 Å². The van der Waals surface area contributed by atoms with Crippen molar-refractivity contribution in [1.82, 2.24) is 5.32 Å². The standard InChI is InChI=1S/C17H14BrNO2/c1-11(12-5-3-2-4-6-12)19-17(20)16-10-13-9-14(18)7-8-15(13)21-16/h2-11H,1H3,(H,19,20). The van der Waals surface area contributed by atoms with Gasteiger partial charge in [-0.3, -0.25) is 4.79 Å². The highest BCUT2D eigenvalue weighted by Crippen LogP contribution is 2.23. The van der Waals surface area contributed by atoms with Gasteiger partial charge >= 0.3 is 0 Å². The van der Waals surface area contributed by atoms with Gasteiger partial charge in [0, 0.05) is 9.86 Å². The molecular weight excluding hydrogens is 330 g/mol. The Labute approximate surface area is 131 Å². The normalized spacial score (nSPS) is 12.3. The molecule has 3 nitrogen and oxygen atoms in total. The fourth-order valence-electron chi connectivity index (χ4n) is 2.22. The summed E-state index contributed by atoms with van der Waals surface area (Å²) in [5.41, 5.74) is 1.76. The predicted molar refractivity (Wildman–Crippen MR) is 86.2 cm³/mol. The maximum Gasteiger partial charge on any atom is 0.287 e. The van der Waals surface area contributed by atoms with Crippen LogP contribution in [0.15, 0.2) is 63.5 Å². The van der Waals surface area contributed by atoms with Crippen LogP contribution >= 0.6 is 15.9 Å². The highest BCUT2D eigenvalue weighted by atomic mass is 79.9. The van der Waals surface area contributed by atoms with Crippen molar-refractivity contribution in [2.75, 3.05) is 0 Å². The number of hydrogen-bond acceptors (Lipinski definition) is 2. The van der Waals surface area contributed by atoms with Gasteiger partial charge in [-0.25, -0.2) is 0 Å². The number of carbonyl (C=O) groups excluding carboxylic acids is 1. The first-order valence-corrected chi connectivity index (χ1v) is 7.48. The maximum absolute atomic E-state index is 12.3. The first-order valence-electron chi connectivity index (χ1n) is 6.68. The van der Waals surface area contributed by atoms with Crippen molar-refractivity contribution >= 4 is 32.8 Å². The van der Waals surface area contributed by atoms with E-state index in [-0.39, 0.29) is 11.9 Å². The molecule has 1 heterocycles. The summed E-state index contributed by atoms with van der Waals surface area (Å²) in [7, 11) is 0. The Hall–Kier alpha value is -2.07. The van der Waals surface area contributed by atoms with E-state index in [0.717, 1.165) is 15.4 Å². The van der Waals surface area contributed by atoms with E-state index in [0.29, 0.717) is 11.3 Å². The summed E-state index contributed by atoms with van der Waals surface area (Å²) < 4.78 is 6.55. The minimum Gasteiger partial charge on any atom is -0.451 e. The number of hydrogen-bond donors (Lipinski definition) is 1. The first kappa shape index (κ1) is 13.9. The van der Waals surface area contributed by atoms with E-state index in [4.69, 9.17) is 4.42 Å². The summed E-state index contributed by atoms with van der Waals surface area (Å²) in [5, 5.41) is 3.85. The molecule has 2 aromatic carbocycles. The average molecular weight is 344 g/mol. The quantitative estimate of drug-likeness (QED) is 0.749. The summed E-state index contributed by atoms with van der Waals surface area (Å²) in [6, 6.07) is 17.2. The van der Waals surface area contributed by atoms with E-state index < -0.39 is 0 Å². The molecule has 0 spiro atoms. The topological polar surface area (TPSA) is 42.2 Å². The third-order valence-corrected chi connectivity index (χ3v) is 3.84. The lowest BCUT2D eigenvalue weighted by Crippen LogP contribution is -2.26. The minimum atomic E-state index is -0.210. The van der Waals surface area contributed by atoms with Crippen molar-refractivity contribution in [3.8, 4) is 0 Å². The summed E-state index contributed by atoms with van der Waals surface area (Å²) in [4.78, 5) is 12.3. The zero-order valence-electron chi connectivity index (χ0n) is 11.5. The third kappa shape index (κ3) is 3.00. The lowest BCUT2D eigenvalue weighted by Gasteiger charge is -2.12. The molecule has 0 saturated carbocycles. The Morgan fingerprint density at radius 3 is 2.67 bits per heavy atom. The first-order chi connectivity index (χ1) is 10.1. The fourth-order valence-corrected chi connectivity index (χ4v) is 2.60. The number of nitrogens with one attached hydrogen (secondary N) is 1. The van der Waals surface area contributed by atoms with E-state index in [9.17, 15) is 4.79 Å². The van der Waals surface area contributed by atoms with E-state index in [1.165, 1.54) is 0 Å². The molecular formula is C17H14BrNO2. The van der Waals surface area contributed by atoms with Crippen LogP contribution in [0.25, 0.3) is 11.0 Å². The van der Waals surface area contributed by atoms with Crippen LogP contribution in [0.4, 0.5) is 0 Å². The summed E-state index contributed by atoms with van der Waals surface area (Å²) in [6.07, 6.45) is 0. The fraction of sp³-hybridized carbons (Fsp3) is 0.118. The van der Waals surface area contributed by atoms with Crippen molar-refractivity contribution in [3.63, 3.8) is 0 Å². The molecule has 0 saturated heterocycles. The Morgan fingerprint density at radius 1 is 1.14 bits per heavy atom. The van der Waals surface area contributed by atoms with Gasteiger partial charge in [-0.15, -0.1) is 0 Å². The van der Waals surface area contributed by atoms with Crippen LogP contribution in [-0.4, -0.2) is 5.91 Å². The van der Waals surface area contributed by atoms with Crippen LogP contribution in [0, 0.1) is 0 Å². The maximum atomic E-state index is 12.3. The molecule has 1 atom stereocenters. The second-order valence-electron chi connectivity index (χ2n) is 4.90. The second kappa shape index (κ2) is 5.74. The number of furan rings is 1. The van der Waals surface area contributed by atoms with Gasteiger partial charge in [-0.2, -0.15) is 0 Å². The van der Waals surface area contributed by atoms with Gasteiger partial charge in [-0.05, 0) is 36.8 Å². The van der Waals surface area contributed by atoms with E-state index >= 15 is 0 Å². The van der Waals surface area contributed by atoms with Crippen molar-refractivity contribution in [2.24, 2.45) is 0 Å². The van der Waals surface area contributed by atoms with Crippen molar-refractivity contribution in [2.45, 2.75) is 13.0 Å². The molecule has 0 bridgehead atoms. The van der Waals surface area contributed by atoms with Crippen molar-refractivity contribution in [1.29, 1.82) is 0 Å². The molecule has 0 fully saturated rings. The van der Waals surface area contributed by atoms with Crippen LogP contribution in [0.1, 0.15) is 29.1 Å². The Morgan fingerprint density at radius 2 is 1.90 bits per heavy atom. The molecule has 0 aliphatic carbocycles. The zero-order chi connectivity index (χ0) is 14.8. The van der Waals surface area contributed by atoms with E-state index in [1.807, 2.05) is 55.5 Å². The van der Waals surface area contributed by atoms with Gasteiger partial charge < -0.3 is 9.73 Å². The SMILES string of the molecule is CC(NC(=O)c1cc2cc(Br)ccc2o1)c1ccccc1. The number of benzene rings is 2. The molecule has 4 heteroatoms. The molecule has 0 aliphatic heterocycles. The molecule has 1 aromatic heterocycles. The van der Waals surface area contributed by atoms with Gasteiger partial charge in [0.05, 0.1) is 6.04 Å². The van der Waals surface area contributed by atoms with Gasteiger partial charge in [0.15, 0.2) is 5.76 Å². The van der Waals surface area contributed by atoms with Gasteiger partial charge in [0.2, 0.25) is 0 Å². The number of amides is 1. The second-order valence-corrected chi connectivity index (χ2v) is 5.81. The number of carbonyl (C=O) groups is 1. The molecule has 106 valence electrons. The van der Waals surface area contributed by atoms with E-state index in [1.54, 1.807) is 6.07 Å². The van der Waals surface area contributed by atoms with Crippen molar-refractivity contribution in [3.05, 3.63) is 70.4 Å². The molecule has 1 amide bonds. The Bertz CT molecular complexity index is 780.